The van der Waals surface area contributed by atoms with Crippen LogP contribution in [0, 0.1) is 0 Å². The minimum absolute atomic E-state index is 0.0882. The van der Waals surface area contributed by atoms with Crippen molar-refractivity contribution in [2.75, 3.05) is 13.7 Å². The Morgan fingerprint density at radius 2 is 1.87 bits per heavy atom. The molecule has 6 heteroatoms. The van der Waals surface area contributed by atoms with Gasteiger partial charge < -0.3 is 4.74 Å². The van der Waals surface area contributed by atoms with Crippen molar-refractivity contribution in [3.8, 4) is 5.75 Å². The van der Waals surface area contributed by atoms with E-state index in [9.17, 15) is 13.2 Å². The number of para-hydroxylation sites is 1. The highest BCUT2D eigenvalue weighted by Gasteiger charge is 2.15. The standard InChI is InChI=1S/C17H19NO4S/c1-13(19)15-7-5-8-16(12-15)23(20,21)18-11-10-14-6-3-4-9-17(14)22-2/h3-9,12,18H,10-11H2,1-2H3. The highest BCUT2D eigenvalue weighted by Crippen LogP contribution is 2.18. The minimum Gasteiger partial charge on any atom is -0.496 e. The molecule has 5 nitrogen and oxygen atoms in total. The summed E-state index contributed by atoms with van der Waals surface area (Å²) in [4.78, 5) is 11.5. The van der Waals surface area contributed by atoms with Crippen LogP contribution >= 0.6 is 0 Å². The molecule has 0 unspecified atom stereocenters. The molecule has 2 rings (SSSR count). The molecule has 0 aliphatic rings. The second-order valence-electron chi connectivity index (χ2n) is 5.04. The summed E-state index contributed by atoms with van der Waals surface area (Å²) in [6.45, 7) is 1.65. The van der Waals surface area contributed by atoms with Crippen LogP contribution in [0.15, 0.2) is 53.4 Å². The van der Waals surface area contributed by atoms with Crippen molar-refractivity contribution >= 4 is 15.8 Å². The number of carbonyl (C=O) groups is 1. The fraction of sp³-hybridized carbons (Fsp3) is 0.235. The summed E-state index contributed by atoms with van der Waals surface area (Å²) in [7, 11) is -2.07. The zero-order valence-corrected chi connectivity index (χ0v) is 13.9. The first-order chi connectivity index (χ1) is 10.9. The van der Waals surface area contributed by atoms with Gasteiger partial charge in [0.1, 0.15) is 5.75 Å². The van der Waals surface area contributed by atoms with Crippen molar-refractivity contribution in [2.45, 2.75) is 18.2 Å². The third-order valence-electron chi connectivity index (χ3n) is 3.43. The number of methoxy groups -OCH3 is 1. The summed E-state index contributed by atoms with van der Waals surface area (Å²) >= 11 is 0. The van der Waals surface area contributed by atoms with Gasteiger partial charge in [-0.15, -0.1) is 0 Å². The van der Waals surface area contributed by atoms with Gasteiger partial charge in [0, 0.05) is 12.1 Å². The van der Waals surface area contributed by atoms with E-state index in [0.29, 0.717) is 12.0 Å². The molecule has 0 spiro atoms. The maximum absolute atomic E-state index is 12.3. The maximum Gasteiger partial charge on any atom is 0.240 e. The van der Waals surface area contributed by atoms with E-state index in [1.165, 1.54) is 19.1 Å². The van der Waals surface area contributed by atoms with Gasteiger partial charge in [0.15, 0.2) is 5.78 Å². The van der Waals surface area contributed by atoms with Gasteiger partial charge in [-0.3, -0.25) is 4.79 Å². The predicted molar refractivity (Wildman–Crippen MR) is 88.3 cm³/mol. The normalized spacial score (nSPS) is 11.2. The van der Waals surface area contributed by atoms with E-state index in [1.54, 1.807) is 19.2 Å². The molecule has 0 aromatic heterocycles. The van der Waals surface area contributed by atoms with Crippen LogP contribution < -0.4 is 9.46 Å². The molecule has 0 heterocycles. The molecular formula is C17H19NO4S. The van der Waals surface area contributed by atoms with Crippen molar-refractivity contribution in [3.05, 3.63) is 59.7 Å². The molecule has 0 saturated carbocycles. The summed E-state index contributed by atoms with van der Waals surface area (Å²) in [6.07, 6.45) is 0.510. The van der Waals surface area contributed by atoms with Crippen LogP contribution in [0.25, 0.3) is 0 Å². The molecule has 2 aromatic rings. The van der Waals surface area contributed by atoms with Gasteiger partial charge in [0.2, 0.25) is 10.0 Å². The molecule has 0 amide bonds. The van der Waals surface area contributed by atoms with Gasteiger partial charge in [-0.25, -0.2) is 13.1 Å². The first-order valence-corrected chi connectivity index (χ1v) is 8.65. The monoisotopic (exact) mass is 333 g/mol. The SMILES string of the molecule is COc1ccccc1CCNS(=O)(=O)c1cccc(C(C)=O)c1. The zero-order chi connectivity index (χ0) is 16.9. The Balaban J connectivity index is 2.07. The molecule has 23 heavy (non-hydrogen) atoms. The second-order valence-corrected chi connectivity index (χ2v) is 6.81. The fourth-order valence-corrected chi connectivity index (χ4v) is 3.27. The molecule has 0 saturated heterocycles. The number of sulfonamides is 1. The van der Waals surface area contributed by atoms with Gasteiger partial charge in [-0.2, -0.15) is 0 Å². The number of hydrogen-bond donors (Lipinski definition) is 1. The summed E-state index contributed by atoms with van der Waals surface area (Å²) in [5.41, 5.74) is 1.30. The highest BCUT2D eigenvalue weighted by molar-refractivity contribution is 7.89. The number of Topliss-reactive ketones (excluding diaryl/α,β-unsaturated/α-hetero) is 1. The molecule has 122 valence electrons. The number of nitrogens with one attached hydrogen (secondary N) is 1. The van der Waals surface area contributed by atoms with Gasteiger partial charge in [-0.1, -0.05) is 30.3 Å². The van der Waals surface area contributed by atoms with Crippen molar-refractivity contribution in [3.63, 3.8) is 0 Å². The molecule has 0 fully saturated rings. The number of rotatable bonds is 7. The number of ketones is 1. The van der Waals surface area contributed by atoms with Gasteiger partial charge >= 0.3 is 0 Å². The Labute approximate surface area is 136 Å². The summed E-state index contributed by atoms with van der Waals surface area (Å²) in [5, 5.41) is 0. The summed E-state index contributed by atoms with van der Waals surface area (Å²) in [5.74, 6) is 0.557. The van der Waals surface area contributed by atoms with Crippen LogP contribution in [-0.4, -0.2) is 27.9 Å². The molecule has 2 aromatic carbocycles. The molecular weight excluding hydrogens is 314 g/mol. The Morgan fingerprint density at radius 3 is 2.57 bits per heavy atom. The average Bonchev–Trinajstić information content (AvgIpc) is 2.55. The number of ether oxygens (including phenoxy) is 1. The third-order valence-corrected chi connectivity index (χ3v) is 4.89. The molecule has 0 radical (unpaired) electrons. The van der Waals surface area contributed by atoms with Gasteiger partial charge in [0.25, 0.3) is 0 Å². The van der Waals surface area contributed by atoms with Crippen molar-refractivity contribution in [2.24, 2.45) is 0 Å². The van der Waals surface area contributed by atoms with Crippen LogP contribution in [0.4, 0.5) is 0 Å². The lowest BCUT2D eigenvalue weighted by Gasteiger charge is -2.10. The highest BCUT2D eigenvalue weighted by atomic mass is 32.2. The van der Waals surface area contributed by atoms with Crippen LogP contribution in [-0.2, 0) is 16.4 Å². The zero-order valence-electron chi connectivity index (χ0n) is 13.1. The molecule has 0 aliphatic heterocycles. The second kappa shape index (κ2) is 7.39. The topological polar surface area (TPSA) is 72.5 Å². The van der Waals surface area contributed by atoms with Crippen molar-refractivity contribution in [1.29, 1.82) is 0 Å². The Kier molecular flexibility index (Phi) is 5.52. The Hall–Kier alpha value is -2.18. The lowest BCUT2D eigenvalue weighted by molar-refractivity contribution is 0.101. The Morgan fingerprint density at radius 1 is 1.13 bits per heavy atom. The third kappa shape index (κ3) is 4.40. The molecule has 0 aliphatic carbocycles. The van der Waals surface area contributed by atoms with Gasteiger partial charge in [-0.05, 0) is 37.1 Å². The van der Waals surface area contributed by atoms with E-state index >= 15 is 0 Å². The van der Waals surface area contributed by atoms with E-state index in [1.807, 2.05) is 24.3 Å². The van der Waals surface area contributed by atoms with Gasteiger partial charge in [0.05, 0.1) is 12.0 Å². The smallest absolute Gasteiger partial charge is 0.240 e. The van der Waals surface area contributed by atoms with E-state index in [0.717, 1.165) is 11.3 Å². The number of carbonyl (C=O) groups excluding carboxylic acids is 1. The van der Waals surface area contributed by atoms with E-state index < -0.39 is 10.0 Å². The lowest BCUT2D eigenvalue weighted by atomic mass is 10.1. The number of benzene rings is 2. The first kappa shape index (κ1) is 17.2. The minimum atomic E-state index is -3.65. The van der Waals surface area contributed by atoms with Crippen LogP contribution in [0.2, 0.25) is 0 Å². The number of hydrogen-bond acceptors (Lipinski definition) is 4. The Bertz CT molecular complexity index is 800. The average molecular weight is 333 g/mol. The van der Waals surface area contributed by atoms with Crippen LogP contribution in [0.5, 0.6) is 5.75 Å². The van der Waals surface area contributed by atoms with Crippen LogP contribution in [0.3, 0.4) is 0 Å². The largest absolute Gasteiger partial charge is 0.496 e. The van der Waals surface area contributed by atoms with E-state index in [2.05, 4.69) is 4.72 Å². The van der Waals surface area contributed by atoms with E-state index in [4.69, 9.17) is 4.74 Å². The first-order valence-electron chi connectivity index (χ1n) is 7.16. The quantitative estimate of drug-likeness (QED) is 0.790. The summed E-state index contributed by atoms with van der Waals surface area (Å²) in [6, 6.07) is 13.5. The molecule has 0 bridgehead atoms. The van der Waals surface area contributed by atoms with Crippen LogP contribution in [0.1, 0.15) is 22.8 Å². The molecule has 0 atom stereocenters. The predicted octanol–water partition coefficient (Wildman–Crippen LogP) is 2.42. The maximum atomic E-state index is 12.3. The lowest BCUT2D eigenvalue weighted by Crippen LogP contribution is -2.26. The van der Waals surface area contributed by atoms with Crippen molar-refractivity contribution < 1.29 is 17.9 Å². The van der Waals surface area contributed by atoms with Crippen molar-refractivity contribution in [1.82, 2.24) is 4.72 Å². The fourth-order valence-electron chi connectivity index (χ4n) is 2.20. The summed E-state index contributed by atoms with van der Waals surface area (Å²) < 4.78 is 32.4. The molecule has 1 N–H and O–H groups in total. The van der Waals surface area contributed by atoms with E-state index in [-0.39, 0.29) is 17.2 Å².